The fraction of sp³-hybridized carbons (Fsp3) is 0.316. The van der Waals surface area contributed by atoms with E-state index in [1.54, 1.807) is 12.1 Å². The van der Waals surface area contributed by atoms with E-state index in [2.05, 4.69) is 9.89 Å². The van der Waals surface area contributed by atoms with Crippen molar-refractivity contribution in [2.45, 2.75) is 6.42 Å². The molecule has 1 fully saturated rings. The van der Waals surface area contributed by atoms with E-state index in [-0.39, 0.29) is 29.8 Å². The number of rotatable bonds is 4. The molecule has 0 saturated carbocycles. The average Bonchev–Trinajstić information content (AvgIpc) is 2.64. The molecule has 0 aliphatic carbocycles. The number of piperazine rings is 1. The van der Waals surface area contributed by atoms with Crippen LogP contribution in [0.15, 0.2) is 47.5 Å². The molecular weight excluding hydrogens is 468 g/mol. The first-order valence-electron chi connectivity index (χ1n) is 8.52. The van der Waals surface area contributed by atoms with Crippen LogP contribution in [0.4, 0.5) is 18.9 Å². The molecule has 4 nitrogen and oxygen atoms in total. The van der Waals surface area contributed by atoms with Crippen LogP contribution in [-0.2, 0) is 6.42 Å². The van der Waals surface area contributed by atoms with Gasteiger partial charge in [-0.2, -0.15) is 0 Å². The zero-order chi connectivity index (χ0) is 18.5. The summed E-state index contributed by atoms with van der Waals surface area (Å²) in [5.74, 6) is -0.979. The molecule has 8 heteroatoms. The zero-order valence-electron chi connectivity index (χ0n) is 14.7. The number of nitrogens with zero attached hydrogens (tertiary/aromatic N) is 3. The summed E-state index contributed by atoms with van der Waals surface area (Å²) in [4.78, 5) is 8.44. The second-order valence-electron chi connectivity index (χ2n) is 6.18. The van der Waals surface area contributed by atoms with Gasteiger partial charge >= 0.3 is 0 Å². The summed E-state index contributed by atoms with van der Waals surface area (Å²) in [5, 5.41) is 0. The predicted molar refractivity (Wildman–Crippen MR) is 112 cm³/mol. The summed E-state index contributed by atoms with van der Waals surface area (Å²) in [6.07, 6.45) is 0.363. The molecule has 0 unspecified atom stereocenters. The quantitative estimate of drug-likeness (QED) is 0.406. The first kappa shape index (κ1) is 21.3. The molecule has 1 aliphatic heterocycles. The lowest BCUT2D eigenvalue weighted by molar-refractivity contribution is 0.381. The van der Waals surface area contributed by atoms with E-state index < -0.39 is 11.6 Å². The Hall–Kier alpha value is -1.97. The Labute approximate surface area is 173 Å². The molecule has 0 aromatic heterocycles. The lowest BCUT2D eigenvalue weighted by atomic mass is 10.1. The molecule has 1 aliphatic rings. The molecule has 2 aromatic carbocycles. The molecule has 0 amide bonds. The Morgan fingerprint density at radius 1 is 0.926 bits per heavy atom. The molecule has 146 valence electrons. The number of hydrogen-bond donors (Lipinski definition) is 1. The lowest BCUT2D eigenvalue weighted by Gasteiger charge is -2.36. The molecule has 1 saturated heterocycles. The first-order valence-corrected chi connectivity index (χ1v) is 8.52. The average molecular weight is 490 g/mol. The van der Waals surface area contributed by atoms with Crippen LogP contribution in [0.25, 0.3) is 0 Å². The van der Waals surface area contributed by atoms with Crippen molar-refractivity contribution in [1.82, 2.24) is 4.90 Å². The third kappa shape index (κ3) is 5.75. The van der Waals surface area contributed by atoms with Crippen molar-refractivity contribution in [3.05, 3.63) is 65.5 Å². The van der Waals surface area contributed by atoms with Crippen LogP contribution in [0.1, 0.15) is 5.56 Å². The molecule has 0 radical (unpaired) electrons. The number of benzene rings is 2. The van der Waals surface area contributed by atoms with E-state index >= 15 is 0 Å². The SMILES string of the molecule is I.NC(=NCCc1ccc(F)cc1F)N1CCN(c2ccc(F)cc2)CC1. The Morgan fingerprint density at radius 2 is 1.56 bits per heavy atom. The molecular formula is C19H22F3IN4. The summed E-state index contributed by atoms with van der Waals surface area (Å²) >= 11 is 0. The minimum Gasteiger partial charge on any atom is -0.370 e. The largest absolute Gasteiger partial charge is 0.370 e. The molecule has 2 N–H and O–H groups in total. The van der Waals surface area contributed by atoms with Crippen LogP contribution < -0.4 is 10.6 Å². The number of hydrogen-bond acceptors (Lipinski definition) is 2. The van der Waals surface area contributed by atoms with Crippen molar-refractivity contribution < 1.29 is 13.2 Å². The van der Waals surface area contributed by atoms with E-state index in [9.17, 15) is 13.2 Å². The van der Waals surface area contributed by atoms with Gasteiger partial charge < -0.3 is 15.5 Å². The summed E-state index contributed by atoms with van der Waals surface area (Å²) in [6, 6.07) is 9.96. The van der Waals surface area contributed by atoms with Crippen LogP contribution in [0.2, 0.25) is 0 Å². The molecule has 0 atom stereocenters. The molecule has 1 heterocycles. The van der Waals surface area contributed by atoms with Crippen LogP contribution in [0.3, 0.4) is 0 Å². The number of anilines is 1. The van der Waals surface area contributed by atoms with Gasteiger partial charge in [-0.15, -0.1) is 24.0 Å². The minimum absolute atomic E-state index is 0. The fourth-order valence-electron chi connectivity index (χ4n) is 2.96. The molecule has 3 rings (SSSR count). The Bertz CT molecular complexity index is 775. The van der Waals surface area contributed by atoms with Crippen molar-refractivity contribution in [3.8, 4) is 0 Å². The fourth-order valence-corrected chi connectivity index (χ4v) is 2.96. The van der Waals surface area contributed by atoms with Gasteiger partial charge in [0.1, 0.15) is 17.5 Å². The highest BCUT2D eigenvalue weighted by Gasteiger charge is 2.18. The highest BCUT2D eigenvalue weighted by atomic mass is 127. The minimum atomic E-state index is -0.590. The van der Waals surface area contributed by atoms with E-state index in [1.807, 2.05) is 4.90 Å². The highest BCUT2D eigenvalue weighted by molar-refractivity contribution is 14.0. The van der Waals surface area contributed by atoms with Gasteiger partial charge in [0.15, 0.2) is 5.96 Å². The molecule has 0 bridgehead atoms. The first-order chi connectivity index (χ1) is 12.5. The van der Waals surface area contributed by atoms with Crippen molar-refractivity contribution in [1.29, 1.82) is 0 Å². The van der Waals surface area contributed by atoms with Gasteiger partial charge in [-0.25, -0.2) is 13.2 Å². The molecule has 27 heavy (non-hydrogen) atoms. The van der Waals surface area contributed by atoms with Crippen LogP contribution in [0, 0.1) is 17.5 Å². The summed E-state index contributed by atoms with van der Waals surface area (Å²) in [7, 11) is 0. The standard InChI is InChI=1S/C19H21F3N4.HI/c20-15-3-5-17(6-4-15)25-9-11-26(12-10-25)19(23)24-8-7-14-1-2-16(21)13-18(14)22;/h1-6,13H,7-12H2,(H2,23,24);1H. The van der Waals surface area contributed by atoms with Crippen LogP contribution in [-0.4, -0.2) is 43.6 Å². The van der Waals surface area contributed by atoms with Gasteiger partial charge in [0.25, 0.3) is 0 Å². The van der Waals surface area contributed by atoms with E-state index in [1.165, 1.54) is 24.3 Å². The van der Waals surface area contributed by atoms with Gasteiger partial charge in [0.2, 0.25) is 0 Å². The summed E-state index contributed by atoms with van der Waals surface area (Å²) in [5.41, 5.74) is 7.43. The van der Waals surface area contributed by atoms with Gasteiger partial charge in [-0.05, 0) is 42.3 Å². The Morgan fingerprint density at radius 3 is 2.19 bits per heavy atom. The molecule has 0 spiro atoms. The van der Waals surface area contributed by atoms with Crippen molar-refractivity contribution in [3.63, 3.8) is 0 Å². The predicted octanol–water partition coefficient (Wildman–Crippen LogP) is 3.40. The maximum atomic E-state index is 13.6. The maximum Gasteiger partial charge on any atom is 0.191 e. The summed E-state index contributed by atoms with van der Waals surface area (Å²) < 4.78 is 39.5. The van der Waals surface area contributed by atoms with Crippen LogP contribution in [0.5, 0.6) is 0 Å². The lowest BCUT2D eigenvalue weighted by Crippen LogP contribution is -2.51. The summed E-state index contributed by atoms with van der Waals surface area (Å²) in [6.45, 7) is 3.27. The second-order valence-corrected chi connectivity index (χ2v) is 6.18. The van der Waals surface area contributed by atoms with Gasteiger partial charge in [0, 0.05) is 44.5 Å². The van der Waals surface area contributed by atoms with Gasteiger partial charge in [-0.3, -0.25) is 4.99 Å². The van der Waals surface area contributed by atoms with Crippen molar-refractivity contribution in [2.24, 2.45) is 10.7 Å². The van der Waals surface area contributed by atoms with E-state index in [4.69, 9.17) is 5.73 Å². The maximum absolute atomic E-state index is 13.6. The Balaban J connectivity index is 0.00000261. The van der Waals surface area contributed by atoms with E-state index in [0.29, 0.717) is 37.6 Å². The van der Waals surface area contributed by atoms with Crippen molar-refractivity contribution in [2.75, 3.05) is 37.6 Å². The highest BCUT2D eigenvalue weighted by Crippen LogP contribution is 2.17. The second kappa shape index (κ2) is 9.82. The topological polar surface area (TPSA) is 44.9 Å². The zero-order valence-corrected chi connectivity index (χ0v) is 17.1. The smallest absolute Gasteiger partial charge is 0.191 e. The Kier molecular flexibility index (Phi) is 7.76. The number of halogens is 4. The van der Waals surface area contributed by atoms with Gasteiger partial charge in [-0.1, -0.05) is 6.07 Å². The number of nitrogens with two attached hydrogens (primary N) is 1. The third-order valence-electron chi connectivity index (χ3n) is 4.47. The monoisotopic (exact) mass is 490 g/mol. The number of aliphatic imine (C=N–C) groups is 1. The normalized spacial score (nSPS) is 14.9. The van der Waals surface area contributed by atoms with Gasteiger partial charge in [0.05, 0.1) is 0 Å². The van der Waals surface area contributed by atoms with E-state index in [0.717, 1.165) is 24.8 Å². The van der Waals surface area contributed by atoms with Crippen molar-refractivity contribution >= 4 is 35.6 Å². The molecule has 2 aromatic rings. The number of guanidine groups is 1. The third-order valence-corrected chi connectivity index (χ3v) is 4.47. The van der Waals surface area contributed by atoms with Crippen LogP contribution >= 0.6 is 24.0 Å².